The van der Waals surface area contributed by atoms with Crippen LogP contribution < -0.4 is 10.0 Å². The number of aryl methyl sites for hydroxylation is 1. The smallest absolute Gasteiger partial charge is 0.227 e. The molecule has 0 saturated carbocycles. The van der Waals surface area contributed by atoms with Gasteiger partial charge in [0.25, 0.3) is 0 Å². The summed E-state index contributed by atoms with van der Waals surface area (Å²) in [6, 6.07) is 7.45. The number of fused-ring (bicyclic) bond motifs is 1. The van der Waals surface area contributed by atoms with Crippen LogP contribution in [0.3, 0.4) is 0 Å². The number of carboxylic acids is 1. The summed E-state index contributed by atoms with van der Waals surface area (Å²) in [4.78, 5) is 27.6. The maximum atomic E-state index is 12.7. The number of benzene rings is 1. The van der Waals surface area contributed by atoms with Gasteiger partial charge in [0.2, 0.25) is 5.91 Å². The number of nitrogens with zero attached hydrogens (tertiary/aromatic N) is 2. The predicted octanol–water partition coefficient (Wildman–Crippen LogP) is -1.17. The lowest BCUT2D eigenvalue weighted by Gasteiger charge is -2.31. The van der Waals surface area contributed by atoms with Crippen LogP contribution in [0.15, 0.2) is 24.3 Å². The van der Waals surface area contributed by atoms with Gasteiger partial charge in [0.05, 0.1) is 50.8 Å². The molecule has 0 radical (unpaired) electrons. The molecule has 128 valence electrons. The monoisotopic (exact) mass is 329 g/mol. The molecule has 2 heterocycles. The number of amides is 1. The molecular weight excluding hydrogens is 306 g/mol. The number of carbonyl (C=O) groups is 2. The topological polar surface area (TPSA) is 69.8 Å². The first-order valence-corrected chi connectivity index (χ1v) is 8.42. The van der Waals surface area contributed by atoms with Crippen LogP contribution in [0.1, 0.15) is 23.0 Å². The van der Waals surface area contributed by atoms with Crippen LogP contribution in [0.4, 0.5) is 0 Å². The number of hydrogen-bond donors (Lipinski definition) is 1. The van der Waals surface area contributed by atoms with E-state index in [1.807, 2.05) is 29.2 Å². The molecule has 1 saturated heterocycles. The van der Waals surface area contributed by atoms with E-state index in [0.717, 1.165) is 43.6 Å². The van der Waals surface area contributed by atoms with Crippen LogP contribution in [0, 0.1) is 0 Å². The van der Waals surface area contributed by atoms with E-state index in [2.05, 4.69) is 6.92 Å². The molecule has 2 aromatic rings. The highest BCUT2D eigenvalue weighted by molar-refractivity contribution is 6.00. The zero-order chi connectivity index (χ0) is 17.3. The summed E-state index contributed by atoms with van der Waals surface area (Å²) < 4.78 is 1.60. The molecular formula is C18H23N3O3. The predicted molar refractivity (Wildman–Crippen MR) is 88.8 cm³/mol. The van der Waals surface area contributed by atoms with Crippen LogP contribution in [0.5, 0.6) is 0 Å². The van der Waals surface area contributed by atoms with Crippen LogP contribution in [0.25, 0.3) is 10.9 Å². The molecule has 1 fully saturated rings. The summed E-state index contributed by atoms with van der Waals surface area (Å²) >= 11 is 0. The molecule has 1 N–H and O–H groups in total. The van der Waals surface area contributed by atoms with Crippen molar-refractivity contribution in [2.75, 3.05) is 32.7 Å². The minimum Gasteiger partial charge on any atom is -0.543 e. The number of hydrogen-bond acceptors (Lipinski definition) is 3. The number of rotatable bonds is 4. The first-order valence-electron chi connectivity index (χ1n) is 8.42. The second kappa shape index (κ2) is 6.65. The summed E-state index contributed by atoms with van der Waals surface area (Å²) in [5.41, 5.74) is 1.46. The van der Waals surface area contributed by atoms with Gasteiger partial charge in [-0.2, -0.15) is 0 Å². The van der Waals surface area contributed by atoms with E-state index in [-0.39, 0.29) is 18.0 Å². The van der Waals surface area contributed by atoms with E-state index >= 15 is 0 Å². The number of aromatic nitrogens is 1. The van der Waals surface area contributed by atoms with Gasteiger partial charge in [0, 0.05) is 18.0 Å². The summed E-state index contributed by atoms with van der Waals surface area (Å²) in [5.74, 6) is -1.25. The van der Waals surface area contributed by atoms with Crippen molar-refractivity contribution in [1.29, 1.82) is 0 Å². The molecule has 0 unspecified atom stereocenters. The van der Waals surface area contributed by atoms with E-state index in [0.29, 0.717) is 5.56 Å². The summed E-state index contributed by atoms with van der Waals surface area (Å²) in [7, 11) is 1.70. The fourth-order valence-corrected chi connectivity index (χ4v) is 3.60. The molecule has 0 atom stereocenters. The maximum Gasteiger partial charge on any atom is 0.227 e. The Bertz CT molecular complexity index is 773. The van der Waals surface area contributed by atoms with Gasteiger partial charge in [0.15, 0.2) is 0 Å². The fourth-order valence-electron chi connectivity index (χ4n) is 3.60. The third kappa shape index (κ3) is 2.89. The zero-order valence-electron chi connectivity index (χ0n) is 14.2. The lowest BCUT2D eigenvalue weighted by molar-refractivity contribution is -0.902. The number of quaternary nitrogens is 1. The Hall–Kier alpha value is -2.34. The van der Waals surface area contributed by atoms with Crippen LogP contribution in [0.2, 0.25) is 0 Å². The van der Waals surface area contributed by atoms with E-state index in [4.69, 9.17) is 0 Å². The molecule has 1 aliphatic rings. The lowest BCUT2D eigenvalue weighted by Crippen LogP contribution is -3.14. The van der Waals surface area contributed by atoms with Gasteiger partial charge in [-0.05, 0) is 18.6 Å². The van der Waals surface area contributed by atoms with Crippen molar-refractivity contribution in [2.24, 2.45) is 7.05 Å². The van der Waals surface area contributed by atoms with Gasteiger partial charge < -0.3 is 24.3 Å². The SMILES string of the molecule is CC[NH+]1CCN(C(=O)Cc2c(C(=O)[O-])n(C)c3ccccc23)CC1. The minimum atomic E-state index is -1.24. The standard InChI is InChI=1S/C18H23N3O3/c1-3-20-8-10-21(11-9-20)16(22)12-14-13-6-4-5-7-15(13)19(2)17(14)18(23)24/h4-7H,3,8-12H2,1-2H3,(H,23,24). The van der Waals surface area contributed by atoms with Crippen molar-refractivity contribution in [2.45, 2.75) is 13.3 Å². The van der Waals surface area contributed by atoms with Gasteiger partial charge in [-0.1, -0.05) is 18.2 Å². The van der Waals surface area contributed by atoms with Crippen LogP contribution in [-0.2, 0) is 18.3 Å². The number of aromatic carboxylic acids is 1. The van der Waals surface area contributed by atoms with E-state index in [9.17, 15) is 14.7 Å². The molecule has 1 aromatic heterocycles. The molecule has 6 heteroatoms. The van der Waals surface area contributed by atoms with Crippen LogP contribution >= 0.6 is 0 Å². The third-order valence-electron chi connectivity index (χ3n) is 5.06. The van der Waals surface area contributed by atoms with Crippen molar-refractivity contribution in [3.05, 3.63) is 35.5 Å². The second-order valence-corrected chi connectivity index (χ2v) is 6.35. The normalized spacial score (nSPS) is 15.8. The summed E-state index contributed by atoms with van der Waals surface area (Å²) in [6.07, 6.45) is 0.103. The summed E-state index contributed by atoms with van der Waals surface area (Å²) in [6.45, 7) is 6.58. The summed E-state index contributed by atoms with van der Waals surface area (Å²) in [5, 5.41) is 12.4. The van der Waals surface area contributed by atoms with E-state index < -0.39 is 5.97 Å². The van der Waals surface area contributed by atoms with Crippen molar-refractivity contribution in [1.82, 2.24) is 9.47 Å². The number of piperazine rings is 1. The second-order valence-electron chi connectivity index (χ2n) is 6.35. The van der Waals surface area contributed by atoms with E-state index in [1.165, 1.54) is 4.90 Å². The Morgan fingerprint density at radius 1 is 1.21 bits per heavy atom. The average molecular weight is 329 g/mol. The van der Waals surface area contributed by atoms with Crippen molar-refractivity contribution in [3.63, 3.8) is 0 Å². The zero-order valence-corrected chi connectivity index (χ0v) is 14.2. The first-order chi connectivity index (χ1) is 11.5. The highest BCUT2D eigenvalue weighted by atomic mass is 16.4. The Labute approximate surface area is 141 Å². The number of para-hydroxylation sites is 1. The molecule has 6 nitrogen and oxygen atoms in total. The van der Waals surface area contributed by atoms with Gasteiger partial charge in [-0.3, -0.25) is 4.79 Å². The van der Waals surface area contributed by atoms with Gasteiger partial charge in [-0.15, -0.1) is 0 Å². The molecule has 24 heavy (non-hydrogen) atoms. The number of nitrogens with one attached hydrogen (secondary N) is 1. The Kier molecular flexibility index (Phi) is 4.57. The minimum absolute atomic E-state index is 0.0102. The number of carbonyl (C=O) groups excluding carboxylic acids is 2. The molecule has 1 aromatic carbocycles. The Morgan fingerprint density at radius 3 is 2.50 bits per heavy atom. The molecule has 0 bridgehead atoms. The third-order valence-corrected chi connectivity index (χ3v) is 5.06. The van der Waals surface area contributed by atoms with Crippen molar-refractivity contribution >= 4 is 22.8 Å². The van der Waals surface area contributed by atoms with Crippen molar-refractivity contribution < 1.29 is 19.6 Å². The average Bonchev–Trinajstić information content (AvgIpc) is 2.87. The molecule has 3 rings (SSSR count). The Balaban J connectivity index is 1.88. The molecule has 0 spiro atoms. The lowest BCUT2D eigenvalue weighted by atomic mass is 10.1. The highest BCUT2D eigenvalue weighted by Crippen LogP contribution is 2.26. The number of carboxylic acid groups (broad SMARTS) is 1. The maximum absolute atomic E-state index is 12.7. The number of likely N-dealkylation sites (N-methyl/N-ethyl adjacent to an activating group) is 1. The largest absolute Gasteiger partial charge is 0.543 e. The van der Waals surface area contributed by atoms with Crippen LogP contribution in [-0.4, -0.2) is 54.1 Å². The molecule has 0 aliphatic carbocycles. The van der Waals surface area contributed by atoms with Gasteiger partial charge in [-0.25, -0.2) is 0 Å². The van der Waals surface area contributed by atoms with E-state index in [1.54, 1.807) is 11.6 Å². The quantitative estimate of drug-likeness (QED) is 0.769. The molecule has 1 amide bonds. The molecule has 1 aliphatic heterocycles. The first kappa shape index (κ1) is 16.5. The van der Waals surface area contributed by atoms with Crippen molar-refractivity contribution in [3.8, 4) is 0 Å². The van der Waals surface area contributed by atoms with Gasteiger partial charge >= 0.3 is 0 Å². The Morgan fingerprint density at radius 2 is 1.88 bits per heavy atom. The van der Waals surface area contributed by atoms with Gasteiger partial charge in [0.1, 0.15) is 0 Å². The fraction of sp³-hybridized carbons (Fsp3) is 0.444. The highest BCUT2D eigenvalue weighted by Gasteiger charge is 2.25.